The predicted octanol–water partition coefficient (Wildman–Crippen LogP) is 4.17. The fourth-order valence-corrected chi connectivity index (χ4v) is 6.94. The molecule has 1 aromatic carbocycles. The van der Waals surface area contributed by atoms with Crippen molar-refractivity contribution < 1.29 is 32.9 Å². The molecule has 2 atom stereocenters. The molecular weight excluding hydrogens is 539 g/mol. The lowest BCUT2D eigenvalue weighted by molar-refractivity contribution is -0.148. The number of benzene rings is 1. The number of carbonyl (C=O) groups is 1. The summed E-state index contributed by atoms with van der Waals surface area (Å²) < 4.78 is 48.4. The molecule has 3 aromatic heterocycles. The molecular formula is C29H26F3N5O4. The Morgan fingerprint density at radius 2 is 2.00 bits per heavy atom. The fraction of sp³-hybridized carbons (Fsp3) is 0.379. The third-order valence-electron chi connectivity index (χ3n) is 8.72. The Morgan fingerprint density at radius 1 is 1.22 bits per heavy atom. The maximum Gasteiger partial charge on any atom is 0.387 e. The first kappa shape index (κ1) is 25.9. The van der Waals surface area contributed by atoms with Crippen molar-refractivity contribution >= 4 is 11.6 Å². The van der Waals surface area contributed by atoms with Crippen molar-refractivity contribution in [2.24, 2.45) is 5.41 Å². The molecule has 212 valence electrons. The molecule has 4 heterocycles. The number of hydrogen-bond donors (Lipinski definition) is 2. The van der Waals surface area contributed by atoms with Gasteiger partial charge in [-0.25, -0.2) is 13.9 Å². The van der Waals surface area contributed by atoms with Crippen molar-refractivity contribution in [3.63, 3.8) is 0 Å². The highest BCUT2D eigenvalue weighted by atomic mass is 19.3. The van der Waals surface area contributed by atoms with Crippen molar-refractivity contribution in [2.45, 2.75) is 50.4 Å². The van der Waals surface area contributed by atoms with Crippen LogP contribution in [-0.2, 0) is 5.60 Å². The van der Waals surface area contributed by atoms with Crippen molar-refractivity contribution in [3.8, 4) is 17.0 Å². The number of aromatic nitrogens is 4. The van der Waals surface area contributed by atoms with Gasteiger partial charge < -0.3 is 19.8 Å². The van der Waals surface area contributed by atoms with Gasteiger partial charge in [0.2, 0.25) is 0 Å². The fourth-order valence-electron chi connectivity index (χ4n) is 6.94. The number of alkyl halides is 2. The van der Waals surface area contributed by atoms with Crippen LogP contribution in [-0.4, -0.2) is 60.9 Å². The molecule has 7 rings (SSSR count). The lowest BCUT2D eigenvalue weighted by atomic mass is 9.59. The van der Waals surface area contributed by atoms with E-state index in [4.69, 9.17) is 14.8 Å². The van der Waals surface area contributed by atoms with Crippen LogP contribution in [0.25, 0.3) is 16.9 Å². The molecule has 12 heteroatoms. The monoisotopic (exact) mass is 565 g/mol. The Balaban J connectivity index is 1.32. The van der Waals surface area contributed by atoms with Gasteiger partial charge in [0.1, 0.15) is 22.9 Å². The molecule has 0 radical (unpaired) electrons. The molecule has 3 aliphatic rings. The van der Waals surface area contributed by atoms with E-state index < -0.39 is 35.4 Å². The lowest BCUT2D eigenvalue weighted by Gasteiger charge is -2.50. The van der Waals surface area contributed by atoms with Gasteiger partial charge in [0.25, 0.3) is 5.91 Å². The third kappa shape index (κ3) is 3.77. The van der Waals surface area contributed by atoms with Crippen LogP contribution in [0.15, 0.2) is 42.7 Å². The van der Waals surface area contributed by atoms with E-state index in [1.54, 1.807) is 34.8 Å². The van der Waals surface area contributed by atoms with Gasteiger partial charge in [0, 0.05) is 54.2 Å². The lowest BCUT2D eigenvalue weighted by Crippen LogP contribution is -2.50. The highest BCUT2D eigenvalue weighted by Gasteiger charge is 2.53. The number of aliphatic hydroxyl groups excluding tert-OH is 1. The smallest absolute Gasteiger partial charge is 0.387 e. The zero-order chi connectivity index (χ0) is 28.8. The standard InChI is InChI=1S/C29H26F3N5O4/c1-28(13-38)11-29(40,12-28)24-17(30)8-14(10-33-24)18-6-7-37-25(34-18)22-16-9-19(23(22)35-37)36(2)26(39)15-4-3-5-20(21(15)16)41-27(31)32/h3-8,10,16,19,27,38,40H,9,11-13H2,1-2H3. The Morgan fingerprint density at radius 3 is 2.71 bits per heavy atom. The quantitative estimate of drug-likeness (QED) is 0.374. The molecule has 2 aliphatic carbocycles. The van der Waals surface area contributed by atoms with Crippen LogP contribution in [0.4, 0.5) is 13.2 Å². The summed E-state index contributed by atoms with van der Waals surface area (Å²) >= 11 is 0. The maximum absolute atomic E-state index is 15.3. The average Bonchev–Trinajstić information content (AvgIpc) is 3.44. The number of carbonyl (C=O) groups excluding carboxylic acids is 1. The molecule has 0 saturated heterocycles. The van der Waals surface area contributed by atoms with Gasteiger partial charge in [-0.05, 0) is 48.9 Å². The summed E-state index contributed by atoms with van der Waals surface area (Å²) in [7, 11) is 1.66. The van der Waals surface area contributed by atoms with Gasteiger partial charge in [-0.15, -0.1) is 0 Å². The highest BCUT2D eigenvalue weighted by Crippen LogP contribution is 2.54. The molecule has 2 bridgehead atoms. The number of ether oxygens (including phenoxy) is 1. The molecule has 2 unspecified atom stereocenters. The van der Waals surface area contributed by atoms with E-state index in [2.05, 4.69) is 4.98 Å². The van der Waals surface area contributed by atoms with E-state index in [-0.39, 0.29) is 42.4 Å². The van der Waals surface area contributed by atoms with Crippen LogP contribution in [0.2, 0.25) is 0 Å². The molecule has 1 saturated carbocycles. The van der Waals surface area contributed by atoms with Crippen LogP contribution >= 0.6 is 0 Å². The molecule has 1 amide bonds. The van der Waals surface area contributed by atoms with E-state index in [0.717, 1.165) is 0 Å². The summed E-state index contributed by atoms with van der Waals surface area (Å²) in [5.74, 6) is -1.54. The first-order chi connectivity index (χ1) is 19.5. The summed E-state index contributed by atoms with van der Waals surface area (Å²) in [4.78, 5) is 23.9. The van der Waals surface area contributed by atoms with Crippen LogP contribution in [0.5, 0.6) is 5.75 Å². The van der Waals surface area contributed by atoms with Crippen molar-refractivity contribution in [3.05, 3.63) is 76.6 Å². The van der Waals surface area contributed by atoms with E-state index in [0.29, 0.717) is 40.1 Å². The van der Waals surface area contributed by atoms with Crippen molar-refractivity contribution in [1.82, 2.24) is 24.5 Å². The molecule has 0 spiro atoms. The van der Waals surface area contributed by atoms with Crippen molar-refractivity contribution in [1.29, 1.82) is 0 Å². The summed E-state index contributed by atoms with van der Waals surface area (Å²) in [5, 5.41) is 25.1. The minimum Gasteiger partial charge on any atom is -0.434 e. The Hall–Kier alpha value is -4.03. The van der Waals surface area contributed by atoms with Gasteiger partial charge in [-0.3, -0.25) is 9.78 Å². The first-order valence-corrected chi connectivity index (χ1v) is 13.3. The first-order valence-electron chi connectivity index (χ1n) is 13.3. The predicted molar refractivity (Wildman–Crippen MR) is 139 cm³/mol. The minimum absolute atomic E-state index is 0.0682. The Labute approximate surface area is 232 Å². The summed E-state index contributed by atoms with van der Waals surface area (Å²) in [6.07, 6.45) is 3.94. The third-order valence-corrected chi connectivity index (χ3v) is 8.72. The highest BCUT2D eigenvalue weighted by molar-refractivity contribution is 5.98. The van der Waals surface area contributed by atoms with Gasteiger partial charge in [0.05, 0.1) is 17.4 Å². The maximum atomic E-state index is 15.3. The van der Waals surface area contributed by atoms with E-state index in [1.165, 1.54) is 24.4 Å². The summed E-state index contributed by atoms with van der Waals surface area (Å²) in [6.45, 7) is -1.35. The second-order valence-electron chi connectivity index (χ2n) is 11.6. The minimum atomic E-state index is -3.07. The number of aliphatic hydroxyl groups is 2. The summed E-state index contributed by atoms with van der Waals surface area (Å²) in [6, 6.07) is 7.08. The molecule has 1 fully saturated rings. The molecule has 2 N–H and O–H groups in total. The Bertz CT molecular complexity index is 1740. The number of halogens is 3. The van der Waals surface area contributed by atoms with Crippen LogP contribution < -0.4 is 4.74 Å². The zero-order valence-electron chi connectivity index (χ0n) is 22.2. The molecule has 1 aliphatic heterocycles. The number of fused-ring (bicyclic) bond motifs is 9. The number of nitrogens with zero attached hydrogens (tertiary/aromatic N) is 5. The van der Waals surface area contributed by atoms with Gasteiger partial charge in [-0.2, -0.15) is 13.9 Å². The van der Waals surface area contributed by atoms with E-state index >= 15 is 4.39 Å². The van der Waals surface area contributed by atoms with Crippen molar-refractivity contribution in [2.75, 3.05) is 13.7 Å². The zero-order valence-corrected chi connectivity index (χ0v) is 22.2. The number of rotatable bonds is 5. The molecule has 41 heavy (non-hydrogen) atoms. The van der Waals surface area contributed by atoms with Gasteiger partial charge in [-0.1, -0.05) is 13.0 Å². The van der Waals surface area contributed by atoms with E-state index in [1.807, 2.05) is 6.92 Å². The van der Waals surface area contributed by atoms with Gasteiger partial charge in [0.15, 0.2) is 5.65 Å². The molecule has 4 aromatic rings. The Kier molecular flexibility index (Phi) is 5.52. The number of amides is 1. The van der Waals surface area contributed by atoms with Crippen LogP contribution in [0.3, 0.4) is 0 Å². The second-order valence-corrected chi connectivity index (χ2v) is 11.6. The SMILES string of the molecule is CN1C(=O)c2cccc(OC(F)F)c2C2CC1c1nn3ccc(-c4cnc(C5(O)CC(C)(CO)C5)c(F)c4)nc3c12. The second kappa shape index (κ2) is 8.73. The number of hydrogen-bond acceptors (Lipinski definition) is 7. The largest absolute Gasteiger partial charge is 0.434 e. The van der Waals surface area contributed by atoms with Crippen LogP contribution in [0.1, 0.15) is 71.0 Å². The van der Waals surface area contributed by atoms with Crippen LogP contribution in [0, 0.1) is 11.2 Å². The van der Waals surface area contributed by atoms with Gasteiger partial charge >= 0.3 is 6.61 Å². The topological polar surface area (TPSA) is 113 Å². The molecule has 9 nitrogen and oxygen atoms in total. The van der Waals surface area contributed by atoms with E-state index in [9.17, 15) is 23.8 Å². The normalized spacial score (nSPS) is 26.6. The number of pyridine rings is 1. The summed E-state index contributed by atoms with van der Waals surface area (Å²) in [5.41, 5.74) is 1.20. The average molecular weight is 566 g/mol.